The van der Waals surface area contributed by atoms with E-state index in [4.69, 9.17) is 0 Å². The summed E-state index contributed by atoms with van der Waals surface area (Å²) < 4.78 is 1.10. The van der Waals surface area contributed by atoms with Crippen LogP contribution in [-0.4, -0.2) is 5.78 Å². The molecule has 0 aromatic heterocycles. The van der Waals surface area contributed by atoms with Gasteiger partial charge in [-0.1, -0.05) is 35.8 Å². The Morgan fingerprint density at radius 2 is 2.00 bits per heavy atom. The molecule has 0 atom stereocenters. The molecule has 80 valence electrons. The second kappa shape index (κ2) is 3.75. The Balaban J connectivity index is 2.53. The highest BCUT2D eigenvalue weighted by Crippen LogP contribution is 2.35. The summed E-state index contributed by atoms with van der Waals surface area (Å²) in [5.74, 6) is 0.382. The van der Waals surface area contributed by atoms with Crippen molar-refractivity contribution in [2.75, 3.05) is 0 Å². The van der Waals surface area contributed by atoms with E-state index in [1.54, 1.807) is 0 Å². The number of benzene rings is 1. The maximum Gasteiger partial charge on any atom is 0.134 e. The maximum atomic E-state index is 11.6. The molecule has 0 amide bonds. The van der Waals surface area contributed by atoms with E-state index >= 15 is 0 Å². The Bertz CT molecular complexity index is 407. The normalized spacial score (nSPS) is 19.5. The van der Waals surface area contributed by atoms with Crippen molar-refractivity contribution in [3.63, 3.8) is 0 Å². The number of Topliss-reactive ketones (excluding diaryl/α,β-unsaturated/α-hetero) is 1. The zero-order valence-corrected chi connectivity index (χ0v) is 10.7. The summed E-state index contributed by atoms with van der Waals surface area (Å²) >= 11 is 3.48. The van der Waals surface area contributed by atoms with E-state index in [1.807, 2.05) is 0 Å². The summed E-state index contributed by atoms with van der Waals surface area (Å²) in [6.07, 6.45) is 2.24. The Labute approximate surface area is 99.0 Å². The highest BCUT2D eigenvalue weighted by molar-refractivity contribution is 9.10. The van der Waals surface area contributed by atoms with E-state index in [0.717, 1.165) is 10.9 Å². The smallest absolute Gasteiger partial charge is 0.134 e. The first-order valence-corrected chi connectivity index (χ1v) is 6.09. The van der Waals surface area contributed by atoms with Gasteiger partial charge in [0.2, 0.25) is 0 Å². The van der Waals surface area contributed by atoms with Crippen molar-refractivity contribution >= 4 is 21.7 Å². The molecule has 1 aliphatic rings. The Morgan fingerprint density at radius 3 is 2.73 bits per heavy atom. The van der Waals surface area contributed by atoms with E-state index < -0.39 is 0 Å². The van der Waals surface area contributed by atoms with Gasteiger partial charge in [-0.05, 0) is 35.1 Å². The third-order valence-electron chi connectivity index (χ3n) is 3.11. The third-order valence-corrected chi connectivity index (χ3v) is 3.60. The average Bonchev–Trinajstić information content (AvgIpc) is 2.23. The molecule has 0 unspecified atom stereocenters. The molecule has 0 saturated heterocycles. The summed E-state index contributed by atoms with van der Waals surface area (Å²) in [6.45, 7) is 4.31. The number of halogens is 1. The fourth-order valence-corrected chi connectivity index (χ4v) is 2.79. The maximum absolute atomic E-state index is 11.6. The lowest BCUT2D eigenvalue weighted by Gasteiger charge is -2.24. The molecule has 0 fully saturated rings. The van der Waals surface area contributed by atoms with Crippen LogP contribution in [0.2, 0.25) is 0 Å². The molecule has 0 radical (unpaired) electrons. The average molecular weight is 267 g/mol. The zero-order chi connectivity index (χ0) is 11.1. The van der Waals surface area contributed by atoms with Gasteiger partial charge in [0, 0.05) is 17.3 Å². The van der Waals surface area contributed by atoms with Gasteiger partial charge in [-0.15, -0.1) is 0 Å². The van der Waals surface area contributed by atoms with Gasteiger partial charge in [0.25, 0.3) is 0 Å². The van der Waals surface area contributed by atoms with Crippen LogP contribution in [0.25, 0.3) is 0 Å². The molecule has 0 saturated carbocycles. The van der Waals surface area contributed by atoms with Crippen LogP contribution in [-0.2, 0) is 16.6 Å². The van der Waals surface area contributed by atoms with Crippen molar-refractivity contribution < 1.29 is 4.79 Å². The van der Waals surface area contributed by atoms with Crippen molar-refractivity contribution in [3.05, 3.63) is 33.8 Å². The number of hydrogen-bond acceptors (Lipinski definition) is 1. The zero-order valence-electron chi connectivity index (χ0n) is 9.14. The lowest BCUT2D eigenvalue weighted by atomic mass is 9.80. The number of carbonyl (C=O) groups is 1. The Morgan fingerprint density at radius 1 is 1.27 bits per heavy atom. The molecule has 0 N–H and O–H groups in total. The quantitative estimate of drug-likeness (QED) is 0.656. The number of fused-ring (bicyclic) bond motifs is 1. The molecule has 1 aliphatic carbocycles. The van der Waals surface area contributed by atoms with Crippen molar-refractivity contribution in [3.8, 4) is 0 Å². The lowest BCUT2D eigenvalue weighted by Crippen LogP contribution is -2.20. The fourth-order valence-electron chi connectivity index (χ4n) is 2.38. The highest BCUT2D eigenvalue weighted by Gasteiger charge is 2.29. The topological polar surface area (TPSA) is 17.1 Å². The minimum absolute atomic E-state index is 0.0103. The van der Waals surface area contributed by atoms with Gasteiger partial charge in [0.05, 0.1) is 0 Å². The highest BCUT2D eigenvalue weighted by atomic mass is 79.9. The summed E-state index contributed by atoms with van der Waals surface area (Å²) in [7, 11) is 0. The predicted octanol–water partition coefficient (Wildman–Crippen LogP) is 3.63. The second-order valence-electron chi connectivity index (χ2n) is 4.90. The molecular formula is C13H15BrO. The predicted molar refractivity (Wildman–Crippen MR) is 65.1 cm³/mol. The van der Waals surface area contributed by atoms with Crippen molar-refractivity contribution in [1.29, 1.82) is 0 Å². The van der Waals surface area contributed by atoms with Crippen LogP contribution in [0.3, 0.4) is 0 Å². The van der Waals surface area contributed by atoms with Crippen LogP contribution in [0.15, 0.2) is 22.7 Å². The van der Waals surface area contributed by atoms with Gasteiger partial charge in [-0.3, -0.25) is 4.79 Å². The number of rotatable bonds is 0. The van der Waals surface area contributed by atoms with Gasteiger partial charge < -0.3 is 0 Å². The summed E-state index contributed by atoms with van der Waals surface area (Å²) in [5.41, 5.74) is 2.64. The Kier molecular flexibility index (Phi) is 2.72. The van der Waals surface area contributed by atoms with Crippen LogP contribution < -0.4 is 0 Å². The monoisotopic (exact) mass is 266 g/mol. The van der Waals surface area contributed by atoms with Gasteiger partial charge >= 0.3 is 0 Å². The largest absolute Gasteiger partial charge is 0.300 e. The molecule has 15 heavy (non-hydrogen) atoms. The molecule has 2 rings (SSSR count). The number of aryl methyl sites for hydroxylation is 1. The molecule has 0 aliphatic heterocycles. The van der Waals surface area contributed by atoms with Gasteiger partial charge in [-0.25, -0.2) is 0 Å². The molecule has 0 spiro atoms. The second-order valence-corrected chi connectivity index (χ2v) is 5.82. The Hall–Kier alpha value is -0.630. The third kappa shape index (κ3) is 2.15. The number of ketones is 1. The summed E-state index contributed by atoms with van der Waals surface area (Å²) in [6, 6.07) is 6.37. The van der Waals surface area contributed by atoms with Crippen LogP contribution in [0, 0.1) is 0 Å². The van der Waals surface area contributed by atoms with Crippen LogP contribution in [0.5, 0.6) is 0 Å². The van der Waals surface area contributed by atoms with Gasteiger partial charge in [-0.2, -0.15) is 0 Å². The molecular weight excluding hydrogens is 252 g/mol. The molecule has 1 aromatic carbocycles. The van der Waals surface area contributed by atoms with Crippen LogP contribution in [0.1, 0.15) is 37.8 Å². The molecule has 1 aromatic rings. The minimum atomic E-state index is -0.0103. The van der Waals surface area contributed by atoms with Gasteiger partial charge in [0.1, 0.15) is 5.78 Å². The van der Waals surface area contributed by atoms with Gasteiger partial charge in [0.15, 0.2) is 0 Å². The van der Waals surface area contributed by atoms with Crippen LogP contribution in [0.4, 0.5) is 0 Å². The van der Waals surface area contributed by atoms with E-state index in [1.165, 1.54) is 11.1 Å². The van der Waals surface area contributed by atoms with E-state index in [9.17, 15) is 4.79 Å². The summed E-state index contributed by atoms with van der Waals surface area (Å²) in [5, 5.41) is 0. The van der Waals surface area contributed by atoms with Crippen molar-refractivity contribution in [2.24, 2.45) is 0 Å². The lowest BCUT2D eigenvalue weighted by molar-refractivity contribution is -0.119. The van der Waals surface area contributed by atoms with Crippen molar-refractivity contribution in [1.82, 2.24) is 0 Å². The minimum Gasteiger partial charge on any atom is -0.300 e. The van der Waals surface area contributed by atoms with E-state index in [-0.39, 0.29) is 5.41 Å². The molecule has 2 heteroatoms. The SMILES string of the molecule is CC1(C)CC(=O)CCc2cc(Br)ccc21. The number of carbonyl (C=O) groups excluding carboxylic acids is 1. The standard InChI is InChI=1S/C13H15BrO/c1-13(2)8-11(15)5-3-9-7-10(14)4-6-12(9)13/h4,6-7H,3,5,8H2,1-2H3. The van der Waals surface area contributed by atoms with E-state index in [0.29, 0.717) is 18.6 Å². The molecule has 0 heterocycles. The number of hydrogen-bond donors (Lipinski definition) is 0. The summed E-state index contributed by atoms with van der Waals surface area (Å²) in [4.78, 5) is 11.6. The first-order chi connectivity index (χ1) is 6.99. The van der Waals surface area contributed by atoms with Crippen LogP contribution >= 0.6 is 15.9 Å². The van der Waals surface area contributed by atoms with Crippen molar-refractivity contribution in [2.45, 2.75) is 38.5 Å². The molecule has 1 nitrogen and oxygen atoms in total. The fraction of sp³-hybridized carbons (Fsp3) is 0.462. The van der Waals surface area contributed by atoms with E-state index in [2.05, 4.69) is 48.0 Å². The molecule has 0 bridgehead atoms. The first kappa shape index (κ1) is 10.9. The first-order valence-electron chi connectivity index (χ1n) is 5.30.